The monoisotopic (exact) mass is 658 g/mol. The molecule has 2 aliphatic rings. The van der Waals surface area contributed by atoms with Crippen LogP contribution in [0.4, 0.5) is 22.7 Å². The van der Waals surface area contributed by atoms with Gasteiger partial charge in [0.15, 0.2) is 0 Å². The summed E-state index contributed by atoms with van der Waals surface area (Å²) in [5.74, 6) is 0. The largest absolute Gasteiger partial charge is 1.00 e. The van der Waals surface area contributed by atoms with E-state index in [1.165, 1.54) is 0 Å². The van der Waals surface area contributed by atoms with E-state index in [1.807, 2.05) is 48.5 Å². The number of nitrogens with two attached hydrogens (primary N) is 4. The van der Waals surface area contributed by atoms with Crippen LogP contribution in [0.1, 0.15) is 22.3 Å². The standard InChI is InChI=1S/C39H34N6.2ClH/c40-32-13-1-26(2-14-32)38(27-3-15-33(41)16-4-27)30-9-21-36(22-10-30)44-25-45-37-23-11-31(12-24-37)39(28-5-17-34(42)18-6-28)29-7-19-35(43)20-8-29;;/h1-24H,25,40-43H2;2*1H. The molecular formula is C39H36Cl2N6. The smallest absolute Gasteiger partial charge is 0.331 e. The number of rotatable bonds is 6. The van der Waals surface area contributed by atoms with Crippen LogP contribution in [0.25, 0.3) is 11.1 Å². The van der Waals surface area contributed by atoms with Crippen LogP contribution >= 0.6 is 0 Å². The van der Waals surface area contributed by atoms with Gasteiger partial charge in [-0.25, -0.2) is 0 Å². The predicted octanol–water partition coefficient (Wildman–Crippen LogP) is -2.42. The molecule has 0 saturated heterocycles. The van der Waals surface area contributed by atoms with Crippen molar-refractivity contribution >= 4 is 45.3 Å². The van der Waals surface area contributed by atoms with Gasteiger partial charge in [-0.3, -0.25) is 0 Å². The van der Waals surface area contributed by atoms with Crippen molar-refractivity contribution in [1.82, 2.24) is 0 Å². The summed E-state index contributed by atoms with van der Waals surface area (Å²) in [5, 5.41) is 0. The minimum atomic E-state index is 0. The molecule has 0 atom stereocenters. The first kappa shape index (κ1) is 34.3. The predicted molar refractivity (Wildman–Crippen MR) is 189 cm³/mol. The Morgan fingerprint density at radius 3 is 0.830 bits per heavy atom. The summed E-state index contributed by atoms with van der Waals surface area (Å²) in [4.78, 5) is 6.94. The van der Waals surface area contributed by atoms with E-state index in [0.29, 0.717) is 6.67 Å². The summed E-state index contributed by atoms with van der Waals surface area (Å²) in [6.07, 6.45) is 16.9. The zero-order valence-corrected chi connectivity index (χ0v) is 27.1. The lowest BCUT2D eigenvalue weighted by atomic mass is 9.90. The summed E-state index contributed by atoms with van der Waals surface area (Å²) in [7, 11) is 0. The van der Waals surface area contributed by atoms with Gasteiger partial charge in [-0.05, 0) is 117 Å². The fraction of sp³-hybridized carbons (Fsp3) is 0.0256. The zero-order chi connectivity index (χ0) is 31.2. The highest BCUT2D eigenvalue weighted by molar-refractivity contribution is 6.04. The second-order valence-corrected chi connectivity index (χ2v) is 10.9. The van der Waals surface area contributed by atoms with Crippen molar-refractivity contribution in [1.29, 1.82) is 0 Å². The number of nitrogen functional groups attached to an aromatic ring is 4. The van der Waals surface area contributed by atoms with E-state index >= 15 is 0 Å². The minimum Gasteiger partial charge on any atom is -1.00 e. The average Bonchev–Trinajstić information content (AvgIpc) is 3.06. The maximum Gasteiger partial charge on any atom is 0.331 e. The van der Waals surface area contributed by atoms with Crippen LogP contribution < -0.4 is 57.7 Å². The molecule has 0 unspecified atom stereocenters. The second kappa shape index (κ2) is 15.6. The lowest BCUT2D eigenvalue weighted by Crippen LogP contribution is -3.00. The van der Waals surface area contributed by atoms with Crippen LogP contribution in [0.2, 0.25) is 0 Å². The number of allylic oxidation sites excluding steroid dienone is 10. The number of anilines is 4. The van der Waals surface area contributed by atoms with E-state index in [9.17, 15) is 0 Å². The van der Waals surface area contributed by atoms with Gasteiger partial charge in [0.05, 0.1) is 0 Å². The van der Waals surface area contributed by atoms with Crippen LogP contribution in [0.5, 0.6) is 0 Å². The molecule has 6 nitrogen and oxygen atoms in total. The normalized spacial score (nSPS) is 13.1. The average molecular weight is 660 g/mol. The molecule has 0 bridgehead atoms. The van der Waals surface area contributed by atoms with Gasteiger partial charge in [0.25, 0.3) is 0 Å². The Labute approximate surface area is 287 Å². The number of hydrogen-bond donors (Lipinski definition) is 6. The third kappa shape index (κ3) is 8.38. The van der Waals surface area contributed by atoms with Crippen molar-refractivity contribution in [3.63, 3.8) is 0 Å². The van der Waals surface area contributed by atoms with Crippen molar-refractivity contribution in [2.45, 2.75) is 0 Å². The first-order valence-corrected chi connectivity index (χ1v) is 14.8. The molecule has 0 aromatic heterocycles. The fourth-order valence-corrected chi connectivity index (χ4v) is 5.36. The highest BCUT2D eigenvalue weighted by atomic mass is 35.5. The Hall–Kier alpha value is -5.56. The van der Waals surface area contributed by atoms with E-state index in [-0.39, 0.29) is 24.8 Å². The molecule has 8 heteroatoms. The Bertz CT molecular complexity index is 1680. The third-order valence-corrected chi connectivity index (χ3v) is 7.73. The number of halogens is 2. The maximum absolute atomic E-state index is 5.96. The van der Waals surface area contributed by atoms with Crippen molar-refractivity contribution in [3.05, 3.63) is 179 Å². The summed E-state index contributed by atoms with van der Waals surface area (Å²) < 4.78 is 0. The van der Waals surface area contributed by atoms with Gasteiger partial charge in [-0.2, -0.15) is 9.98 Å². The second-order valence-electron chi connectivity index (χ2n) is 10.9. The molecule has 4 aromatic carbocycles. The first-order chi connectivity index (χ1) is 21.9. The van der Waals surface area contributed by atoms with Crippen molar-refractivity contribution in [3.8, 4) is 0 Å². The van der Waals surface area contributed by atoms with Crippen LogP contribution in [0.3, 0.4) is 0 Å². The number of nitrogens with one attached hydrogen (secondary N) is 2. The van der Waals surface area contributed by atoms with E-state index < -0.39 is 0 Å². The molecular weight excluding hydrogens is 623 g/mol. The van der Waals surface area contributed by atoms with Gasteiger partial charge in [0.1, 0.15) is 0 Å². The quantitative estimate of drug-likeness (QED) is 0.102. The molecule has 2 aliphatic carbocycles. The lowest BCUT2D eigenvalue weighted by molar-refractivity contribution is -0.678. The fourth-order valence-electron chi connectivity index (χ4n) is 5.36. The molecule has 10 N–H and O–H groups in total. The Balaban J connectivity index is 0.00000250. The molecule has 0 amide bonds. The van der Waals surface area contributed by atoms with Crippen LogP contribution in [0, 0.1) is 0 Å². The Kier molecular flexibility index (Phi) is 11.4. The van der Waals surface area contributed by atoms with Gasteiger partial charge in [-0.15, -0.1) is 0 Å². The van der Waals surface area contributed by atoms with E-state index in [1.54, 1.807) is 0 Å². The highest BCUT2D eigenvalue weighted by Crippen LogP contribution is 2.32. The van der Waals surface area contributed by atoms with Crippen LogP contribution in [0.15, 0.2) is 157 Å². The van der Waals surface area contributed by atoms with Crippen molar-refractivity contribution in [2.24, 2.45) is 0 Å². The third-order valence-electron chi connectivity index (χ3n) is 7.73. The van der Waals surface area contributed by atoms with E-state index in [2.05, 4.69) is 107 Å². The summed E-state index contributed by atoms with van der Waals surface area (Å²) in [5.41, 5.74) is 37.6. The number of hydrogen-bond acceptors (Lipinski definition) is 4. The molecule has 0 fully saturated rings. The molecule has 236 valence electrons. The van der Waals surface area contributed by atoms with Gasteiger partial charge < -0.3 is 47.7 Å². The Morgan fingerprint density at radius 1 is 0.362 bits per heavy atom. The van der Waals surface area contributed by atoms with Gasteiger partial charge in [0, 0.05) is 47.1 Å². The molecule has 47 heavy (non-hydrogen) atoms. The van der Waals surface area contributed by atoms with Crippen LogP contribution in [-0.4, -0.2) is 18.1 Å². The summed E-state index contributed by atoms with van der Waals surface area (Å²) in [6.45, 7) is 0.567. The molecule has 0 heterocycles. The molecule has 6 rings (SSSR count). The lowest BCUT2D eigenvalue weighted by Gasteiger charge is -2.14. The van der Waals surface area contributed by atoms with Crippen molar-refractivity contribution < 1.29 is 34.8 Å². The first-order valence-electron chi connectivity index (χ1n) is 14.8. The number of benzene rings is 4. The molecule has 4 aromatic rings. The topological polar surface area (TPSA) is 132 Å². The van der Waals surface area contributed by atoms with Gasteiger partial charge >= 0.3 is 6.67 Å². The SMILES string of the molecule is Nc1ccc(C(=C2C=CC(=[NH+]C[NH+]=C3C=CC(=C(c4ccc(N)cc4)c4ccc(N)cc4)C=C3)C=C2)c2ccc(N)cc2)cc1.[Cl-].[Cl-]. The maximum atomic E-state index is 5.96. The highest BCUT2D eigenvalue weighted by Gasteiger charge is 2.15. The molecule has 0 aliphatic heterocycles. The molecule has 0 radical (unpaired) electrons. The van der Waals surface area contributed by atoms with Crippen molar-refractivity contribution in [2.75, 3.05) is 29.6 Å². The van der Waals surface area contributed by atoms with Gasteiger partial charge in [0.2, 0.25) is 11.4 Å². The summed E-state index contributed by atoms with van der Waals surface area (Å²) in [6, 6.07) is 31.8. The van der Waals surface area contributed by atoms with Gasteiger partial charge in [-0.1, -0.05) is 48.5 Å². The summed E-state index contributed by atoms with van der Waals surface area (Å²) >= 11 is 0. The molecule has 0 spiro atoms. The van der Waals surface area contributed by atoms with Crippen LogP contribution in [-0.2, 0) is 0 Å². The van der Waals surface area contributed by atoms with E-state index in [4.69, 9.17) is 22.9 Å². The van der Waals surface area contributed by atoms with E-state index in [0.717, 1.165) is 78.7 Å². The minimum absolute atomic E-state index is 0. The zero-order valence-electron chi connectivity index (χ0n) is 25.6. The Morgan fingerprint density at radius 2 is 0.596 bits per heavy atom. The molecule has 0 saturated carbocycles.